The van der Waals surface area contributed by atoms with Gasteiger partial charge in [0.2, 0.25) is 5.91 Å². The summed E-state index contributed by atoms with van der Waals surface area (Å²) < 4.78 is 0. The Morgan fingerprint density at radius 1 is 1.45 bits per heavy atom. The van der Waals surface area contributed by atoms with E-state index in [1.54, 1.807) is 0 Å². The average Bonchev–Trinajstić information content (AvgIpc) is 2.39. The predicted molar refractivity (Wildman–Crippen MR) is 76.9 cm³/mol. The quantitative estimate of drug-likeness (QED) is 0.663. The lowest BCUT2D eigenvalue weighted by atomic mass is 9.80. The summed E-state index contributed by atoms with van der Waals surface area (Å²) in [5, 5.41) is 17.2. The third-order valence-corrected chi connectivity index (χ3v) is 3.89. The van der Waals surface area contributed by atoms with Crippen LogP contribution in [0.3, 0.4) is 0 Å². The number of nitrogens with zero attached hydrogens (tertiary/aromatic N) is 1. The Kier molecular flexibility index (Phi) is 4.25. The number of nitro groups is 1. The van der Waals surface area contributed by atoms with Gasteiger partial charge in [-0.15, -0.1) is 0 Å². The van der Waals surface area contributed by atoms with Crippen LogP contribution in [0.25, 0.3) is 0 Å². The van der Waals surface area contributed by atoms with Gasteiger partial charge in [-0.3, -0.25) is 14.9 Å². The van der Waals surface area contributed by atoms with Crippen LogP contribution in [0, 0.1) is 15.5 Å². The highest BCUT2D eigenvalue weighted by Gasteiger charge is 2.35. The molecule has 1 fully saturated rings. The maximum Gasteiger partial charge on any atom is 0.292 e. The Balaban J connectivity index is 2.23. The minimum Gasteiger partial charge on any atom is -0.320 e. The van der Waals surface area contributed by atoms with Crippen molar-refractivity contribution in [3.63, 3.8) is 0 Å². The molecule has 6 nitrogen and oxygen atoms in total. The maximum atomic E-state index is 12.4. The van der Waals surface area contributed by atoms with E-state index in [0.717, 1.165) is 13.1 Å². The number of carbonyl (C=O) groups excluding carboxylic acids is 1. The highest BCUT2D eigenvalue weighted by Crippen LogP contribution is 2.33. The van der Waals surface area contributed by atoms with Crippen LogP contribution < -0.4 is 10.6 Å². The SMILES string of the molecule is CC1(C(=O)Nc2cc(Cl)ccc2[N+](=O)[O-])CCNCC1. The van der Waals surface area contributed by atoms with Gasteiger partial charge in [-0.2, -0.15) is 0 Å². The Labute approximate surface area is 121 Å². The third kappa shape index (κ3) is 3.08. The number of rotatable bonds is 3. The van der Waals surface area contributed by atoms with Crippen LogP contribution in [0.1, 0.15) is 19.8 Å². The molecule has 0 aliphatic carbocycles. The molecule has 1 aliphatic heterocycles. The van der Waals surface area contributed by atoms with Gasteiger partial charge in [0.1, 0.15) is 5.69 Å². The van der Waals surface area contributed by atoms with Gasteiger partial charge in [-0.1, -0.05) is 18.5 Å². The summed E-state index contributed by atoms with van der Waals surface area (Å²) in [4.78, 5) is 22.8. The van der Waals surface area contributed by atoms with E-state index in [2.05, 4.69) is 10.6 Å². The Bertz CT molecular complexity index is 542. The summed E-state index contributed by atoms with van der Waals surface area (Å²) in [6.07, 6.45) is 1.40. The van der Waals surface area contributed by atoms with Crippen molar-refractivity contribution in [1.29, 1.82) is 0 Å². The third-order valence-electron chi connectivity index (χ3n) is 3.66. The molecule has 0 saturated carbocycles. The highest BCUT2D eigenvalue weighted by molar-refractivity contribution is 6.31. The fourth-order valence-corrected chi connectivity index (χ4v) is 2.42. The van der Waals surface area contributed by atoms with Crippen LogP contribution in [-0.4, -0.2) is 23.9 Å². The molecule has 20 heavy (non-hydrogen) atoms. The highest BCUT2D eigenvalue weighted by atomic mass is 35.5. The van der Waals surface area contributed by atoms with Gasteiger partial charge in [0, 0.05) is 16.5 Å². The van der Waals surface area contributed by atoms with Gasteiger partial charge in [0.25, 0.3) is 5.69 Å². The van der Waals surface area contributed by atoms with Gasteiger partial charge >= 0.3 is 0 Å². The molecule has 1 saturated heterocycles. The number of anilines is 1. The first kappa shape index (κ1) is 14.7. The van der Waals surface area contributed by atoms with Crippen molar-refractivity contribution in [2.75, 3.05) is 18.4 Å². The second kappa shape index (κ2) is 5.76. The minimum absolute atomic E-state index is 0.146. The lowest BCUT2D eigenvalue weighted by molar-refractivity contribution is -0.383. The van der Waals surface area contributed by atoms with Gasteiger partial charge < -0.3 is 10.6 Å². The zero-order valence-corrected chi connectivity index (χ0v) is 11.9. The zero-order valence-electron chi connectivity index (χ0n) is 11.1. The van der Waals surface area contributed by atoms with Crippen molar-refractivity contribution in [2.24, 2.45) is 5.41 Å². The molecule has 0 spiro atoms. The smallest absolute Gasteiger partial charge is 0.292 e. The number of hydrogen-bond acceptors (Lipinski definition) is 4. The van der Waals surface area contributed by atoms with Crippen molar-refractivity contribution in [3.8, 4) is 0 Å². The number of halogens is 1. The van der Waals surface area contributed by atoms with Gasteiger partial charge in [0.15, 0.2) is 0 Å². The molecule has 0 radical (unpaired) electrons. The molecule has 2 N–H and O–H groups in total. The first-order valence-electron chi connectivity index (χ1n) is 6.38. The predicted octanol–water partition coefficient (Wildman–Crippen LogP) is 2.58. The largest absolute Gasteiger partial charge is 0.320 e. The molecule has 1 aliphatic rings. The lowest BCUT2D eigenvalue weighted by Crippen LogP contribution is -2.42. The van der Waals surface area contributed by atoms with Crippen LogP contribution in [0.4, 0.5) is 11.4 Å². The lowest BCUT2D eigenvalue weighted by Gasteiger charge is -2.32. The van der Waals surface area contributed by atoms with Crippen LogP contribution in [0.5, 0.6) is 0 Å². The molecule has 0 aromatic heterocycles. The topological polar surface area (TPSA) is 84.3 Å². The molecule has 1 aromatic carbocycles. The van der Waals surface area contributed by atoms with E-state index in [-0.39, 0.29) is 17.3 Å². The number of hydrogen-bond donors (Lipinski definition) is 2. The number of benzene rings is 1. The average molecular weight is 298 g/mol. The van der Waals surface area contributed by atoms with Crippen molar-refractivity contribution >= 4 is 28.9 Å². The Morgan fingerprint density at radius 2 is 2.10 bits per heavy atom. The maximum absolute atomic E-state index is 12.4. The molecular weight excluding hydrogens is 282 g/mol. The molecule has 0 unspecified atom stereocenters. The molecule has 1 aromatic rings. The van der Waals surface area contributed by atoms with E-state index in [0.29, 0.717) is 17.9 Å². The van der Waals surface area contributed by atoms with Crippen molar-refractivity contribution in [2.45, 2.75) is 19.8 Å². The molecule has 0 atom stereocenters. The van der Waals surface area contributed by atoms with Gasteiger partial charge in [-0.05, 0) is 38.1 Å². The first-order chi connectivity index (χ1) is 9.42. The summed E-state index contributed by atoms with van der Waals surface area (Å²) in [5.74, 6) is -0.204. The van der Waals surface area contributed by atoms with E-state index in [1.165, 1.54) is 18.2 Å². The normalized spacial score (nSPS) is 17.5. The van der Waals surface area contributed by atoms with Gasteiger partial charge in [0.05, 0.1) is 4.92 Å². The number of carbonyl (C=O) groups is 1. The fraction of sp³-hybridized carbons (Fsp3) is 0.462. The molecular formula is C13H16ClN3O3. The van der Waals surface area contributed by atoms with Crippen LogP contribution in [0.2, 0.25) is 5.02 Å². The zero-order chi connectivity index (χ0) is 14.8. The molecule has 0 bridgehead atoms. The molecule has 1 amide bonds. The summed E-state index contributed by atoms with van der Waals surface area (Å²) in [5.41, 5.74) is -0.519. The number of piperidine rings is 1. The number of nitro benzene ring substituents is 1. The van der Waals surface area contributed by atoms with Crippen molar-refractivity contribution < 1.29 is 9.72 Å². The van der Waals surface area contributed by atoms with Crippen LogP contribution in [0.15, 0.2) is 18.2 Å². The Hall–Kier alpha value is -1.66. The monoisotopic (exact) mass is 297 g/mol. The van der Waals surface area contributed by atoms with Crippen molar-refractivity contribution in [1.82, 2.24) is 5.32 Å². The molecule has 1 heterocycles. The van der Waals surface area contributed by atoms with Gasteiger partial charge in [-0.25, -0.2) is 0 Å². The van der Waals surface area contributed by atoms with Crippen LogP contribution >= 0.6 is 11.6 Å². The van der Waals surface area contributed by atoms with E-state index in [4.69, 9.17) is 11.6 Å². The van der Waals surface area contributed by atoms with Crippen LogP contribution in [-0.2, 0) is 4.79 Å². The summed E-state index contributed by atoms with van der Waals surface area (Å²) in [6, 6.07) is 4.13. The molecule has 7 heteroatoms. The van der Waals surface area contributed by atoms with E-state index in [1.807, 2.05) is 6.92 Å². The van der Waals surface area contributed by atoms with E-state index < -0.39 is 10.3 Å². The number of amides is 1. The number of nitrogens with one attached hydrogen (secondary N) is 2. The summed E-state index contributed by atoms with van der Waals surface area (Å²) in [6.45, 7) is 3.41. The standard InChI is InChI=1S/C13H16ClN3O3/c1-13(4-6-15-7-5-13)12(18)16-10-8-9(14)2-3-11(10)17(19)20/h2-3,8,15H,4-7H2,1H3,(H,16,18). The summed E-state index contributed by atoms with van der Waals surface area (Å²) in [7, 11) is 0. The van der Waals surface area contributed by atoms with E-state index in [9.17, 15) is 14.9 Å². The molecule has 108 valence electrons. The van der Waals surface area contributed by atoms with E-state index >= 15 is 0 Å². The second-order valence-corrected chi connectivity index (χ2v) is 5.62. The first-order valence-corrected chi connectivity index (χ1v) is 6.76. The second-order valence-electron chi connectivity index (χ2n) is 5.18. The minimum atomic E-state index is -0.531. The summed E-state index contributed by atoms with van der Waals surface area (Å²) >= 11 is 5.84. The van der Waals surface area contributed by atoms with Crippen molar-refractivity contribution in [3.05, 3.63) is 33.3 Å². The Morgan fingerprint density at radius 3 is 2.70 bits per heavy atom. The molecule has 2 rings (SSSR count). The fourth-order valence-electron chi connectivity index (χ4n) is 2.25.